The van der Waals surface area contributed by atoms with Crippen LogP contribution in [-0.4, -0.2) is 93.0 Å². The largest absolute Gasteiger partial charge is 0.454 e. The van der Waals surface area contributed by atoms with Crippen molar-refractivity contribution in [2.45, 2.75) is 55.3 Å². The van der Waals surface area contributed by atoms with Crippen LogP contribution in [0.1, 0.15) is 39.2 Å². The fourth-order valence-electron chi connectivity index (χ4n) is 5.59. The molecular weight excluding hydrogens is 598 g/mol. The molecule has 14 heteroatoms. The Hall–Kier alpha value is -2.75. The first-order chi connectivity index (χ1) is 20.2. The van der Waals surface area contributed by atoms with E-state index in [2.05, 4.69) is 0 Å². The molecule has 43 heavy (non-hydrogen) atoms. The van der Waals surface area contributed by atoms with Gasteiger partial charge < -0.3 is 25.1 Å². The highest BCUT2D eigenvalue weighted by molar-refractivity contribution is 7.90. The molecule has 2 aliphatic rings. The van der Waals surface area contributed by atoms with E-state index in [-0.39, 0.29) is 69.8 Å². The number of carbonyl (C=O) groups excluding carboxylic acids is 1. The molecule has 12 nitrogen and oxygen atoms in total. The van der Waals surface area contributed by atoms with Gasteiger partial charge in [-0.25, -0.2) is 16.8 Å². The molecule has 2 heterocycles. The minimum absolute atomic E-state index is 0.0167. The van der Waals surface area contributed by atoms with Gasteiger partial charge in [0.05, 0.1) is 23.7 Å². The molecule has 0 saturated carbocycles. The summed E-state index contributed by atoms with van der Waals surface area (Å²) in [6, 6.07) is 13.1. The number of ether oxygens (including phenoxy) is 3. The summed E-state index contributed by atoms with van der Waals surface area (Å²) in [7, 11) is -8.48. The van der Waals surface area contributed by atoms with Crippen molar-refractivity contribution in [1.29, 1.82) is 0 Å². The van der Waals surface area contributed by atoms with E-state index >= 15 is 0 Å². The zero-order valence-electron chi connectivity index (χ0n) is 24.8. The molecule has 0 radical (unpaired) electrons. The van der Waals surface area contributed by atoms with Crippen LogP contribution in [0.3, 0.4) is 0 Å². The summed E-state index contributed by atoms with van der Waals surface area (Å²) in [6.45, 7) is 5.33. The number of hydrogen-bond donors (Lipinski definition) is 2. The molecule has 0 bridgehead atoms. The van der Waals surface area contributed by atoms with E-state index in [0.717, 1.165) is 0 Å². The second-order valence-electron chi connectivity index (χ2n) is 11.6. The van der Waals surface area contributed by atoms with Crippen LogP contribution in [0.4, 0.5) is 0 Å². The Morgan fingerprint density at radius 3 is 2.33 bits per heavy atom. The smallest absolute Gasteiger partial charge is 0.243 e. The Balaban J connectivity index is 1.76. The Morgan fingerprint density at radius 1 is 1.05 bits per heavy atom. The SMILES string of the molecule is CC(C)CN(CC[C@](O)(Cc1ccccc1)C(C)(CC(N)=O)S(=O)(=O)N1CCOCC1)S(=O)(=O)c1ccc2c(c1)OCO2. The van der Waals surface area contributed by atoms with Gasteiger partial charge in [-0.3, -0.25) is 4.79 Å². The summed E-state index contributed by atoms with van der Waals surface area (Å²) in [4.78, 5) is 12.4. The normalized spacial score (nSPS) is 18.8. The minimum Gasteiger partial charge on any atom is -0.454 e. The summed E-state index contributed by atoms with van der Waals surface area (Å²) >= 11 is 0. The van der Waals surface area contributed by atoms with Crippen LogP contribution in [0.15, 0.2) is 53.4 Å². The average molecular weight is 640 g/mol. The van der Waals surface area contributed by atoms with Crippen LogP contribution in [0, 0.1) is 5.92 Å². The summed E-state index contributed by atoms with van der Waals surface area (Å²) in [6.07, 6.45) is -1.14. The number of nitrogens with zero attached hydrogens (tertiary/aromatic N) is 2. The van der Waals surface area contributed by atoms with Crippen molar-refractivity contribution in [2.75, 3.05) is 46.2 Å². The van der Waals surface area contributed by atoms with Gasteiger partial charge in [0.1, 0.15) is 4.75 Å². The number of hydrogen-bond acceptors (Lipinski definition) is 9. The first-order valence-electron chi connectivity index (χ1n) is 14.2. The Kier molecular flexibility index (Phi) is 10.1. The molecule has 1 fully saturated rings. The highest BCUT2D eigenvalue weighted by atomic mass is 32.2. The molecule has 3 N–H and O–H groups in total. The molecule has 4 rings (SSSR count). The number of sulfonamides is 2. The standard InChI is InChI=1S/C29H41N3O9S2/c1-22(2)20-32(42(35,36)24-9-10-25-26(17-24)41-21-40-25)12-11-29(34,18-23-7-5-4-6-8-23)28(3,19-27(30)33)43(37,38)31-13-15-39-16-14-31/h4-10,17,22,34H,11-16,18-21H2,1-3H3,(H2,30,33)/t28?,29-/m0/s1. The van der Waals surface area contributed by atoms with Gasteiger partial charge in [-0.05, 0) is 37.0 Å². The maximum atomic E-state index is 14.3. The van der Waals surface area contributed by atoms with Gasteiger partial charge in [0.25, 0.3) is 0 Å². The van der Waals surface area contributed by atoms with E-state index in [9.17, 15) is 26.7 Å². The van der Waals surface area contributed by atoms with Crippen molar-refractivity contribution in [3.05, 3.63) is 54.1 Å². The monoisotopic (exact) mass is 639 g/mol. The summed E-state index contributed by atoms with van der Waals surface area (Å²) in [5.74, 6) is -0.267. The zero-order chi connectivity index (χ0) is 31.5. The molecule has 1 unspecified atom stereocenters. The molecule has 0 aromatic heterocycles. The third-order valence-electron chi connectivity index (χ3n) is 8.04. The van der Waals surface area contributed by atoms with Gasteiger partial charge in [-0.2, -0.15) is 8.61 Å². The van der Waals surface area contributed by atoms with Crippen molar-refractivity contribution in [1.82, 2.24) is 8.61 Å². The van der Waals surface area contributed by atoms with Gasteiger partial charge in [-0.1, -0.05) is 44.2 Å². The summed E-state index contributed by atoms with van der Waals surface area (Å²) < 4.78 is 72.8. The molecular formula is C29H41N3O9S2. The van der Waals surface area contributed by atoms with Gasteiger partial charge in [0.2, 0.25) is 32.7 Å². The number of morpholine rings is 1. The minimum atomic E-state index is -4.36. The lowest BCUT2D eigenvalue weighted by Crippen LogP contribution is -2.65. The lowest BCUT2D eigenvalue weighted by Gasteiger charge is -2.47. The van der Waals surface area contributed by atoms with Gasteiger partial charge in [-0.15, -0.1) is 0 Å². The second kappa shape index (κ2) is 13.1. The average Bonchev–Trinajstić information content (AvgIpc) is 3.44. The summed E-state index contributed by atoms with van der Waals surface area (Å²) in [5, 5.41) is 12.5. The predicted molar refractivity (Wildman–Crippen MR) is 159 cm³/mol. The lowest BCUT2D eigenvalue weighted by atomic mass is 9.78. The van der Waals surface area contributed by atoms with Crippen molar-refractivity contribution in [2.24, 2.45) is 11.7 Å². The van der Waals surface area contributed by atoms with Crippen LogP contribution in [-0.2, 0) is 36.0 Å². The van der Waals surface area contributed by atoms with Crippen molar-refractivity contribution in [3.63, 3.8) is 0 Å². The van der Waals surface area contributed by atoms with E-state index in [1.165, 1.54) is 33.7 Å². The molecule has 1 amide bonds. The van der Waals surface area contributed by atoms with Gasteiger partial charge >= 0.3 is 0 Å². The number of rotatable bonds is 14. The summed E-state index contributed by atoms with van der Waals surface area (Å²) in [5.41, 5.74) is 4.13. The number of nitrogens with two attached hydrogens (primary N) is 1. The van der Waals surface area contributed by atoms with Crippen molar-refractivity contribution in [3.8, 4) is 11.5 Å². The van der Waals surface area contributed by atoms with Gasteiger partial charge in [0.15, 0.2) is 11.5 Å². The molecule has 2 aromatic carbocycles. The quantitative estimate of drug-likeness (QED) is 0.313. The highest BCUT2D eigenvalue weighted by Crippen LogP contribution is 2.42. The molecule has 2 atom stereocenters. The second-order valence-corrected chi connectivity index (χ2v) is 15.9. The number of carbonyl (C=O) groups is 1. The zero-order valence-corrected chi connectivity index (χ0v) is 26.4. The third kappa shape index (κ3) is 6.99. The third-order valence-corrected chi connectivity index (χ3v) is 12.6. The van der Waals surface area contributed by atoms with Crippen LogP contribution in [0.5, 0.6) is 11.5 Å². The topological polar surface area (TPSA) is 166 Å². The number of benzene rings is 2. The van der Waals surface area contributed by atoms with E-state index in [1.54, 1.807) is 30.3 Å². The van der Waals surface area contributed by atoms with E-state index in [1.807, 2.05) is 13.8 Å². The number of fused-ring (bicyclic) bond motifs is 1. The number of amides is 1. The molecule has 2 aliphatic heterocycles. The first-order valence-corrected chi connectivity index (χ1v) is 17.1. The van der Waals surface area contributed by atoms with Crippen LogP contribution in [0.2, 0.25) is 0 Å². The Morgan fingerprint density at radius 2 is 1.70 bits per heavy atom. The fraction of sp³-hybridized carbons (Fsp3) is 0.552. The molecule has 0 spiro atoms. The molecule has 2 aromatic rings. The molecule has 238 valence electrons. The van der Waals surface area contributed by atoms with Crippen molar-refractivity contribution >= 4 is 26.0 Å². The van der Waals surface area contributed by atoms with E-state index in [4.69, 9.17) is 19.9 Å². The highest BCUT2D eigenvalue weighted by Gasteiger charge is 2.58. The maximum absolute atomic E-state index is 14.3. The fourth-order valence-corrected chi connectivity index (χ4v) is 9.39. The van der Waals surface area contributed by atoms with E-state index < -0.39 is 42.7 Å². The maximum Gasteiger partial charge on any atom is 0.243 e. The van der Waals surface area contributed by atoms with Crippen molar-refractivity contribution < 1.29 is 40.9 Å². The predicted octanol–water partition coefficient (Wildman–Crippen LogP) is 1.72. The van der Waals surface area contributed by atoms with Gasteiger partial charge in [0, 0.05) is 45.1 Å². The Bertz CT molecular complexity index is 1500. The Labute approximate surface area is 253 Å². The van der Waals surface area contributed by atoms with Crippen LogP contribution in [0.25, 0.3) is 0 Å². The molecule has 0 aliphatic carbocycles. The number of aliphatic hydroxyl groups is 1. The first kappa shape index (κ1) is 33.1. The van der Waals surface area contributed by atoms with Crippen LogP contribution < -0.4 is 15.2 Å². The molecule has 1 saturated heterocycles. The number of primary amides is 1. The lowest BCUT2D eigenvalue weighted by molar-refractivity contribution is -0.121. The van der Waals surface area contributed by atoms with Crippen LogP contribution >= 0.6 is 0 Å². The van der Waals surface area contributed by atoms with E-state index in [0.29, 0.717) is 17.1 Å².